The van der Waals surface area contributed by atoms with E-state index in [1.165, 1.54) is 0 Å². The molecule has 1 aromatic heterocycles. The Hall–Kier alpha value is -3.30. The number of para-hydroxylation sites is 2. The van der Waals surface area contributed by atoms with Crippen LogP contribution in [-0.2, 0) is 0 Å². The fraction of sp³-hybridized carbons (Fsp3) is 0.0800. The van der Waals surface area contributed by atoms with E-state index < -0.39 is 0 Å². The van der Waals surface area contributed by atoms with E-state index in [1.807, 2.05) is 65.8 Å². The summed E-state index contributed by atoms with van der Waals surface area (Å²) in [5.74, 6) is 0. The summed E-state index contributed by atoms with van der Waals surface area (Å²) in [5, 5.41) is 7.51. The molecule has 29 heavy (non-hydrogen) atoms. The highest BCUT2D eigenvalue weighted by Crippen LogP contribution is 2.26. The summed E-state index contributed by atoms with van der Waals surface area (Å²) in [6.45, 7) is 4.20. The first kappa shape index (κ1) is 19.0. The van der Waals surface area contributed by atoms with Crippen LogP contribution in [0.5, 0.6) is 0 Å². The second-order valence-corrected chi connectivity index (χ2v) is 7.31. The van der Waals surface area contributed by atoms with Gasteiger partial charge in [-0.25, -0.2) is 5.01 Å². The SMILES string of the molecule is Cc1cc(/C=N\N(c2ccccc2)c2ccccc2)c(C)n1-c1cccc(Cl)c1. The van der Waals surface area contributed by atoms with E-state index in [-0.39, 0.29) is 0 Å². The Kier molecular flexibility index (Phi) is 5.50. The van der Waals surface area contributed by atoms with Gasteiger partial charge in [-0.3, -0.25) is 0 Å². The largest absolute Gasteiger partial charge is 0.318 e. The molecule has 144 valence electrons. The normalized spacial score (nSPS) is 11.1. The van der Waals surface area contributed by atoms with Crippen LogP contribution in [0, 0.1) is 13.8 Å². The van der Waals surface area contributed by atoms with Crippen LogP contribution in [0.1, 0.15) is 17.0 Å². The molecule has 0 atom stereocenters. The van der Waals surface area contributed by atoms with Crippen LogP contribution in [-0.4, -0.2) is 10.8 Å². The van der Waals surface area contributed by atoms with Crippen molar-refractivity contribution in [1.29, 1.82) is 0 Å². The number of benzene rings is 3. The number of hydrazone groups is 1. The summed E-state index contributed by atoms with van der Waals surface area (Å²) < 4.78 is 2.20. The number of hydrogen-bond acceptors (Lipinski definition) is 2. The van der Waals surface area contributed by atoms with Crippen LogP contribution in [0.4, 0.5) is 11.4 Å². The van der Waals surface area contributed by atoms with Gasteiger partial charge < -0.3 is 4.57 Å². The molecule has 0 radical (unpaired) electrons. The molecule has 0 aliphatic carbocycles. The van der Waals surface area contributed by atoms with Gasteiger partial charge in [0.25, 0.3) is 0 Å². The van der Waals surface area contributed by atoms with Crippen LogP contribution in [0.25, 0.3) is 5.69 Å². The number of nitrogens with zero attached hydrogens (tertiary/aromatic N) is 3. The van der Waals surface area contributed by atoms with Gasteiger partial charge in [0.1, 0.15) is 0 Å². The molecular formula is C25H22ClN3. The molecule has 0 saturated carbocycles. The van der Waals surface area contributed by atoms with Gasteiger partial charge in [0, 0.05) is 27.7 Å². The van der Waals surface area contributed by atoms with Crippen LogP contribution in [0.15, 0.2) is 96.1 Å². The number of anilines is 2. The highest BCUT2D eigenvalue weighted by atomic mass is 35.5. The first-order valence-corrected chi connectivity index (χ1v) is 9.90. The van der Waals surface area contributed by atoms with Gasteiger partial charge in [-0.1, -0.05) is 54.1 Å². The lowest BCUT2D eigenvalue weighted by molar-refractivity contribution is 0.964. The van der Waals surface area contributed by atoms with Crippen molar-refractivity contribution in [2.75, 3.05) is 5.01 Å². The van der Waals surface area contributed by atoms with E-state index in [0.29, 0.717) is 0 Å². The van der Waals surface area contributed by atoms with Crippen molar-refractivity contribution in [1.82, 2.24) is 4.57 Å². The van der Waals surface area contributed by atoms with Gasteiger partial charge >= 0.3 is 0 Å². The molecule has 0 unspecified atom stereocenters. The minimum Gasteiger partial charge on any atom is -0.318 e. The number of aryl methyl sites for hydroxylation is 1. The van der Waals surface area contributed by atoms with Crippen LogP contribution in [0.2, 0.25) is 5.02 Å². The summed E-state index contributed by atoms with van der Waals surface area (Å²) in [4.78, 5) is 0. The molecular weight excluding hydrogens is 378 g/mol. The Balaban J connectivity index is 1.73. The summed E-state index contributed by atoms with van der Waals surface area (Å²) >= 11 is 6.20. The lowest BCUT2D eigenvalue weighted by Gasteiger charge is -2.19. The fourth-order valence-electron chi connectivity index (χ4n) is 3.47. The average Bonchev–Trinajstić information content (AvgIpc) is 3.03. The van der Waals surface area contributed by atoms with Crippen molar-refractivity contribution < 1.29 is 0 Å². The second-order valence-electron chi connectivity index (χ2n) is 6.87. The molecule has 0 bridgehead atoms. The summed E-state index contributed by atoms with van der Waals surface area (Å²) in [5.41, 5.74) is 6.40. The molecule has 4 heteroatoms. The molecule has 3 nitrogen and oxygen atoms in total. The van der Waals surface area contributed by atoms with Crippen molar-refractivity contribution in [3.8, 4) is 5.69 Å². The van der Waals surface area contributed by atoms with Crippen molar-refractivity contribution in [3.63, 3.8) is 0 Å². The minimum absolute atomic E-state index is 0.726. The zero-order chi connectivity index (χ0) is 20.2. The first-order chi connectivity index (χ1) is 14.1. The van der Waals surface area contributed by atoms with Gasteiger partial charge in [-0.2, -0.15) is 5.10 Å². The molecule has 0 saturated heterocycles. The summed E-state index contributed by atoms with van der Waals surface area (Å²) in [6.07, 6.45) is 1.92. The Bertz CT molecular complexity index is 1090. The molecule has 3 aromatic carbocycles. The zero-order valence-corrected chi connectivity index (χ0v) is 17.2. The maximum atomic E-state index is 6.20. The molecule has 0 fully saturated rings. The molecule has 1 heterocycles. The topological polar surface area (TPSA) is 20.5 Å². The van der Waals surface area contributed by atoms with Gasteiger partial charge in [0.05, 0.1) is 17.6 Å². The standard InChI is InChI=1S/C25H22ClN3/c1-19-16-21(20(2)28(19)25-15-9-10-22(26)17-25)18-27-29(23-11-5-3-6-12-23)24-13-7-4-8-14-24/h3-18H,1-2H3/b27-18-. The van der Waals surface area contributed by atoms with Crippen molar-refractivity contribution in [2.24, 2.45) is 5.10 Å². The Morgan fingerprint density at radius 1 is 0.793 bits per heavy atom. The van der Waals surface area contributed by atoms with Crippen molar-refractivity contribution >= 4 is 29.2 Å². The quantitative estimate of drug-likeness (QED) is 0.263. The van der Waals surface area contributed by atoms with Crippen LogP contribution < -0.4 is 5.01 Å². The molecule has 4 aromatic rings. The minimum atomic E-state index is 0.726. The zero-order valence-electron chi connectivity index (χ0n) is 16.5. The van der Waals surface area contributed by atoms with E-state index >= 15 is 0 Å². The first-order valence-electron chi connectivity index (χ1n) is 9.52. The number of aromatic nitrogens is 1. The smallest absolute Gasteiger partial charge is 0.0652 e. The number of hydrogen-bond donors (Lipinski definition) is 0. The van der Waals surface area contributed by atoms with Gasteiger partial charge in [-0.15, -0.1) is 0 Å². The average molecular weight is 400 g/mol. The van der Waals surface area contributed by atoms with Crippen LogP contribution >= 0.6 is 11.6 Å². The molecule has 4 rings (SSSR count). The van der Waals surface area contributed by atoms with E-state index in [2.05, 4.69) is 54.8 Å². The van der Waals surface area contributed by atoms with Crippen LogP contribution in [0.3, 0.4) is 0 Å². The third-order valence-corrected chi connectivity index (χ3v) is 5.09. The predicted octanol–water partition coefficient (Wildman–Crippen LogP) is 6.92. The van der Waals surface area contributed by atoms with Crippen molar-refractivity contribution in [3.05, 3.63) is 113 Å². The maximum Gasteiger partial charge on any atom is 0.0652 e. The van der Waals surface area contributed by atoms with E-state index in [0.717, 1.165) is 39.0 Å². The summed E-state index contributed by atoms with van der Waals surface area (Å²) in [6, 6.07) is 30.4. The third kappa shape index (κ3) is 4.10. The predicted molar refractivity (Wildman–Crippen MR) is 123 cm³/mol. The second kappa shape index (κ2) is 8.38. The summed E-state index contributed by atoms with van der Waals surface area (Å²) in [7, 11) is 0. The van der Waals surface area contributed by atoms with E-state index in [9.17, 15) is 0 Å². The van der Waals surface area contributed by atoms with E-state index in [1.54, 1.807) is 0 Å². The Morgan fingerprint density at radius 3 is 2.00 bits per heavy atom. The van der Waals surface area contributed by atoms with Gasteiger partial charge in [0.15, 0.2) is 0 Å². The third-order valence-electron chi connectivity index (χ3n) is 4.85. The van der Waals surface area contributed by atoms with E-state index in [4.69, 9.17) is 16.7 Å². The number of rotatable bonds is 5. The molecule has 0 aliphatic rings. The number of halogens is 1. The van der Waals surface area contributed by atoms with Crippen molar-refractivity contribution in [2.45, 2.75) is 13.8 Å². The fourth-order valence-corrected chi connectivity index (χ4v) is 3.66. The molecule has 0 N–H and O–H groups in total. The Labute approximate surface area is 176 Å². The molecule has 0 spiro atoms. The van der Waals surface area contributed by atoms with Gasteiger partial charge in [-0.05, 0) is 62.4 Å². The highest BCUT2D eigenvalue weighted by molar-refractivity contribution is 6.30. The monoisotopic (exact) mass is 399 g/mol. The molecule has 0 amide bonds. The highest BCUT2D eigenvalue weighted by Gasteiger charge is 2.11. The van der Waals surface area contributed by atoms with Gasteiger partial charge in [0.2, 0.25) is 0 Å². The Morgan fingerprint density at radius 2 is 1.41 bits per heavy atom. The lowest BCUT2D eigenvalue weighted by Crippen LogP contribution is -2.09. The lowest BCUT2D eigenvalue weighted by atomic mass is 10.2. The maximum absolute atomic E-state index is 6.20. The molecule has 0 aliphatic heterocycles.